The van der Waals surface area contributed by atoms with Crippen LogP contribution in [-0.4, -0.2) is 41.1 Å². The topological polar surface area (TPSA) is 37.3 Å². The van der Waals surface area contributed by atoms with E-state index in [0.29, 0.717) is 16.8 Å². The lowest BCUT2D eigenvalue weighted by Gasteiger charge is -2.27. The number of rotatable bonds is 3. The lowest BCUT2D eigenvalue weighted by molar-refractivity contribution is 0.0694. The predicted molar refractivity (Wildman–Crippen MR) is 68.4 cm³/mol. The van der Waals surface area contributed by atoms with Gasteiger partial charge in [-0.05, 0) is 26.0 Å². The number of likely N-dealkylation sites (N-methyl/N-ethyl adjacent to an activating group) is 1. The molecule has 1 aliphatic heterocycles. The molecule has 0 spiro atoms. The molecular weight excluding hydrogens is 238 g/mol. The van der Waals surface area contributed by atoms with Gasteiger partial charge in [0.1, 0.15) is 5.69 Å². The Balaban J connectivity index is 2.19. The van der Waals surface area contributed by atoms with Crippen LogP contribution in [0.5, 0.6) is 0 Å². The standard InChI is InChI=1S/C12H18ClN3O/c1-3-16(10-4-5-14-7-10)12(17)11-6-9(13)8-15(11)2/h6,8,10,14H,3-5,7H2,1-2H3. The molecule has 1 N–H and O–H groups in total. The van der Waals surface area contributed by atoms with Gasteiger partial charge in [-0.3, -0.25) is 4.79 Å². The van der Waals surface area contributed by atoms with Gasteiger partial charge < -0.3 is 14.8 Å². The van der Waals surface area contributed by atoms with E-state index in [2.05, 4.69) is 5.32 Å². The Hall–Kier alpha value is -1.00. The molecular formula is C12H18ClN3O. The second-order valence-corrected chi connectivity index (χ2v) is 4.83. The van der Waals surface area contributed by atoms with Crippen molar-refractivity contribution < 1.29 is 4.79 Å². The minimum absolute atomic E-state index is 0.0654. The molecule has 0 radical (unpaired) electrons. The summed E-state index contributed by atoms with van der Waals surface area (Å²) in [6.07, 6.45) is 2.78. The minimum Gasteiger partial charge on any atom is -0.345 e. The van der Waals surface area contributed by atoms with E-state index in [1.54, 1.807) is 16.8 Å². The number of nitrogens with zero attached hydrogens (tertiary/aromatic N) is 2. The van der Waals surface area contributed by atoms with Crippen LogP contribution in [0.15, 0.2) is 12.3 Å². The van der Waals surface area contributed by atoms with Crippen molar-refractivity contribution in [3.8, 4) is 0 Å². The van der Waals surface area contributed by atoms with E-state index in [-0.39, 0.29) is 5.91 Å². The minimum atomic E-state index is 0.0654. The fraction of sp³-hybridized carbons (Fsp3) is 0.583. The molecule has 4 nitrogen and oxygen atoms in total. The van der Waals surface area contributed by atoms with Gasteiger partial charge in [-0.25, -0.2) is 0 Å². The van der Waals surface area contributed by atoms with E-state index < -0.39 is 0 Å². The molecule has 1 aliphatic rings. The first kappa shape index (κ1) is 12.5. The lowest BCUT2D eigenvalue weighted by Crippen LogP contribution is -2.42. The SMILES string of the molecule is CCN(C(=O)c1cc(Cl)cn1C)C1CCNC1. The second-order valence-electron chi connectivity index (χ2n) is 4.39. The average Bonchev–Trinajstić information content (AvgIpc) is 2.89. The van der Waals surface area contributed by atoms with Crippen molar-refractivity contribution in [2.45, 2.75) is 19.4 Å². The Morgan fingerprint density at radius 1 is 1.71 bits per heavy atom. The van der Waals surface area contributed by atoms with Crippen molar-refractivity contribution in [1.82, 2.24) is 14.8 Å². The molecule has 0 aromatic carbocycles. The molecule has 1 fully saturated rings. The molecule has 2 rings (SSSR count). The number of carbonyl (C=O) groups excluding carboxylic acids is 1. The smallest absolute Gasteiger partial charge is 0.270 e. The molecule has 1 saturated heterocycles. The highest BCUT2D eigenvalue weighted by atomic mass is 35.5. The van der Waals surface area contributed by atoms with Gasteiger partial charge in [-0.2, -0.15) is 0 Å². The molecule has 1 unspecified atom stereocenters. The van der Waals surface area contributed by atoms with Crippen LogP contribution in [0.25, 0.3) is 0 Å². The first-order valence-electron chi connectivity index (χ1n) is 5.97. The fourth-order valence-electron chi connectivity index (χ4n) is 2.36. The van der Waals surface area contributed by atoms with Crippen molar-refractivity contribution >= 4 is 17.5 Å². The predicted octanol–water partition coefficient (Wildman–Crippen LogP) is 1.50. The van der Waals surface area contributed by atoms with Gasteiger partial charge in [0.05, 0.1) is 5.02 Å². The van der Waals surface area contributed by atoms with Crippen molar-refractivity contribution in [3.63, 3.8) is 0 Å². The average molecular weight is 256 g/mol. The third-order valence-corrected chi connectivity index (χ3v) is 3.47. The van der Waals surface area contributed by atoms with Crippen LogP contribution in [0.3, 0.4) is 0 Å². The second kappa shape index (κ2) is 5.10. The van der Waals surface area contributed by atoms with E-state index in [0.717, 1.165) is 26.1 Å². The van der Waals surface area contributed by atoms with Crippen molar-refractivity contribution in [2.75, 3.05) is 19.6 Å². The summed E-state index contributed by atoms with van der Waals surface area (Å²) in [5.74, 6) is 0.0654. The zero-order valence-electron chi connectivity index (χ0n) is 10.2. The zero-order chi connectivity index (χ0) is 12.4. The highest BCUT2D eigenvalue weighted by molar-refractivity contribution is 6.31. The molecule has 94 valence electrons. The van der Waals surface area contributed by atoms with Gasteiger partial charge in [-0.1, -0.05) is 11.6 Å². The lowest BCUT2D eigenvalue weighted by atomic mass is 10.2. The summed E-state index contributed by atoms with van der Waals surface area (Å²) in [4.78, 5) is 14.3. The first-order chi connectivity index (χ1) is 8.13. The molecule has 0 aliphatic carbocycles. The Labute approximate surface area is 107 Å². The molecule has 0 saturated carbocycles. The van der Waals surface area contributed by atoms with E-state index in [4.69, 9.17) is 11.6 Å². The summed E-state index contributed by atoms with van der Waals surface area (Å²) in [5, 5.41) is 3.89. The Morgan fingerprint density at radius 2 is 2.47 bits per heavy atom. The quantitative estimate of drug-likeness (QED) is 0.889. The largest absolute Gasteiger partial charge is 0.345 e. The Bertz CT molecular complexity index is 410. The maximum absolute atomic E-state index is 12.4. The van der Waals surface area contributed by atoms with Crippen LogP contribution in [-0.2, 0) is 7.05 Å². The number of carbonyl (C=O) groups is 1. The molecule has 1 aromatic heterocycles. The van der Waals surface area contributed by atoms with Crippen LogP contribution in [0.1, 0.15) is 23.8 Å². The van der Waals surface area contributed by atoms with Gasteiger partial charge >= 0.3 is 0 Å². The number of amides is 1. The highest BCUT2D eigenvalue weighted by Gasteiger charge is 2.27. The van der Waals surface area contributed by atoms with E-state index in [1.807, 2.05) is 18.9 Å². The van der Waals surface area contributed by atoms with Crippen LogP contribution in [0, 0.1) is 0 Å². The van der Waals surface area contributed by atoms with E-state index in [9.17, 15) is 4.79 Å². The van der Waals surface area contributed by atoms with Crippen molar-refractivity contribution in [1.29, 1.82) is 0 Å². The van der Waals surface area contributed by atoms with Gasteiger partial charge in [-0.15, -0.1) is 0 Å². The van der Waals surface area contributed by atoms with Gasteiger partial charge in [0.2, 0.25) is 0 Å². The number of halogens is 1. The van der Waals surface area contributed by atoms with Crippen LogP contribution >= 0.6 is 11.6 Å². The maximum Gasteiger partial charge on any atom is 0.270 e. The summed E-state index contributed by atoms with van der Waals surface area (Å²) in [7, 11) is 1.85. The fourth-order valence-corrected chi connectivity index (χ4v) is 2.61. The monoisotopic (exact) mass is 255 g/mol. The molecule has 1 aromatic rings. The molecule has 0 bridgehead atoms. The summed E-state index contributed by atoms with van der Waals surface area (Å²) >= 11 is 5.91. The maximum atomic E-state index is 12.4. The van der Waals surface area contributed by atoms with Crippen LogP contribution < -0.4 is 5.32 Å². The van der Waals surface area contributed by atoms with Gasteiger partial charge in [0.25, 0.3) is 5.91 Å². The van der Waals surface area contributed by atoms with Gasteiger partial charge in [0, 0.05) is 32.4 Å². The van der Waals surface area contributed by atoms with Crippen molar-refractivity contribution in [2.24, 2.45) is 7.05 Å². The molecule has 1 amide bonds. The van der Waals surface area contributed by atoms with Crippen LogP contribution in [0.2, 0.25) is 5.02 Å². The summed E-state index contributed by atoms with van der Waals surface area (Å²) in [6.45, 7) is 4.62. The normalized spacial score (nSPS) is 19.6. The van der Waals surface area contributed by atoms with E-state index in [1.165, 1.54) is 0 Å². The molecule has 2 heterocycles. The molecule has 1 atom stereocenters. The third kappa shape index (κ3) is 2.48. The van der Waals surface area contributed by atoms with Crippen molar-refractivity contribution in [3.05, 3.63) is 23.0 Å². The van der Waals surface area contributed by atoms with Gasteiger partial charge in [0.15, 0.2) is 0 Å². The number of hydrogen-bond donors (Lipinski definition) is 1. The van der Waals surface area contributed by atoms with Crippen LogP contribution in [0.4, 0.5) is 0 Å². The summed E-state index contributed by atoms with van der Waals surface area (Å²) in [6, 6.07) is 2.04. The number of nitrogens with one attached hydrogen (secondary N) is 1. The summed E-state index contributed by atoms with van der Waals surface area (Å²) < 4.78 is 1.79. The zero-order valence-corrected chi connectivity index (χ0v) is 11.0. The third-order valence-electron chi connectivity index (χ3n) is 3.27. The Kier molecular flexibility index (Phi) is 3.74. The number of aromatic nitrogens is 1. The Morgan fingerprint density at radius 3 is 2.94 bits per heavy atom. The first-order valence-corrected chi connectivity index (χ1v) is 6.34. The van der Waals surface area contributed by atoms with E-state index >= 15 is 0 Å². The highest BCUT2D eigenvalue weighted by Crippen LogP contribution is 2.17. The number of hydrogen-bond acceptors (Lipinski definition) is 2. The molecule has 5 heteroatoms. The number of aryl methyl sites for hydroxylation is 1. The summed E-state index contributed by atoms with van der Waals surface area (Å²) in [5.41, 5.74) is 0.656. The molecule has 17 heavy (non-hydrogen) atoms.